The first-order valence-electron chi connectivity index (χ1n) is 5.25. The Morgan fingerprint density at radius 3 is 2.73 bits per heavy atom. The van der Waals surface area contributed by atoms with Gasteiger partial charge in [0.1, 0.15) is 0 Å². The van der Waals surface area contributed by atoms with Crippen LogP contribution in [0.4, 0.5) is 0 Å². The molecule has 1 rings (SSSR count). The minimum absolute atomic E-state index is 0.0837. The van der Waals surface area contributed by atoms with E-state index in [1.54, 1.807) is 11.8 Å². The Morgan fingerprint density at radius 2 is 2.20 bits per heavy atom. The molecule has 0 bridgehead atoms. The van der Waals surface area contributed by atoms with Gasteiger partial charge in [0.05, 0.1) is 19.1 Å². The Kier molecular flexibility index (Phi) is 4.55. The number of ether oxygens (including phenoxy) is 1. The minimum Gasteiger partial charge on any atom is -0.466 e. The fourth-order valence-electron chi connectivity index (χ4n) is 1.57. The number of likely N-dealkylation sites (tertiary alicyclic amines) is 1. The number of aliphatic hydroxyl groups excluding tert-OH is 1. The van der Waals surface area contributed by atoms with Crippen LogP contribution < -0.4 is 0 Å². The van der Waals surface area contributed by atoms with E-state index in [4.69, 9.17) is 4.74 Å². The molecule has 0 unspecified atom stereocenters. The number of amides is 1. The van der Waals surface area contributed by atoms with Crippen molar-refractivity contribution >= 4 is 11.9 Å². The summed E-state index contributed by atoms with van der Waals surface area (Å²) >= 11 is 0. The predicted octanol–water partition coefficient (Wildman–Crippen LogP) is -0.0771. The van der Waals surface area contributed by atoms with Gasteiger partial charge in [0.15, 0.2) is 0 Å². The highest BCUT2D eigenvalue weighted by molar-refractivity contribution is 5.81. The van der Waals surface area contributed by atoms with Gasteiger partial charge in [-0.1, -0.05) is 0 Å². The van der Waals surface area contributed by atoms with Crippen LogP contribution in [0.15, 0.2) is 0 Å². The predicted molar refractivity (Wildman–Crippen MR) is 53.1 cm³/mol. The van der Waals surface area contributed by atoms with Gasteiger partial charge >= 0.3 is 5.97 Å². The first kappa shape index (κ1) is 12.0. The molecule has 1 fully saturated rings. The molecule has 1 saturated heterocycles. The first-order valence-corrected chi connectivity index (χ1v) is 5.25. The van der Waals surface area contributed by atoms with E-state index in [2.05, 4.69) is 0 Å². The van der Waals surface area contributed by atoms with Crippen LogP contribution in [0.3, 0.4) is 0 Å². The lowest BCUT2D eigenvalue weighted by Gasteiger charge is -2.14. The monoisotopic (exact) mass is 215 g/mol. The third-order valence-corrected chi connectivity index (χ3v) is 2.36. The molecule has 1 aliphatic heterocycles. The lowest BCUT2D eigenvalue weighted by Crippen LogP contribution is -2.29. The van der Waals surface area contributed by atoms with Gasteiger partial charge in [-0.05, 0) is 13.3 Å². The largest absolute Gasteiger partial charge is 0.466 e. The molecule has 0 spiro atoms. The molecule has 15 heavy (non-hydrogen) atoms. The fourth-order valence-corrected chi connectivity index (χ4v) is 1.57. The molecule has 1 heterocycles. The molecule has 0 radical (unpaired) electrons. The molecule has 0 aromatic heterocycles. The van der Waals surface area contributed by atoms with Gasteiger partial charge in [0.2, 0.25) is 5.91 Å². The Hall–Kier alpha value is -1.10. The van der Waals surface area contributed by atoms with Crippen LogP contribution in [0.1, 0.15) is 26.2 Å². The maximum Gasteiger partial charge on any atom is 0.306 e. The molecule has 86 valence electrons. The molecule has 1 aliphatic rings. The van der Waals surface area contributed by atoms with Crippen molar-refractivity contribution < 1.29 is 19.4 Å². The van der Waals surface area contributed by atoms with Crippen molar-refractivity contribution in [1.82, 2.24) is 4.90 Å². The van der Waals surface area contributed by atoms with Crippen molar-refractivity contribution in [2.24, 2.45) is 0 Å². The van der Waals surface area contributed by atoms with Crippen molar-refractivity contribution in [1.29, 1.82) is 0 Å². The van der Waals surface area contributed by atoms with Crippen molar-refractivity contribution in [3.63, 3.8) is 0 Å². The molecule has 0 aliphatic carbocycles. The normalized spacial score (nSPS) is 20.4. The van der Waals surface area contributed by atoms with Gasteiger partial charge in [-0.2, -0.15) is 0 Å². The Bertz CT molecular complexity index is 242. The van der Waals surface area contributed by atoms with Gasteiger partial charge < -0.3 is 14.7 Å². The van der Waals surface area contributed by atoms with Crippen LogP contribution in [0, 0.1) is 0 Å². The average Bonchev–Trinajstić information content (AvgIpc) is 2.62. The number of aliphatic hydroxyl groups is 1. The first-order chi connectivity index (χ1) is 7.13. The van der Waals surface area contributed by atoms with Crippen LogP contribution in [0.25, 0.3) is 0 Å². The van der Waals surface area contributed by atoms with Crippen LogP contribution in [0.2, 0.25) is 0 Å². The van der Waals surface area contributed by atoms with Gasteiger partial charge in [0.25, 0.3) is 0 Å². The number of carbonyl (C=O) groups is 2. The summed E-state index contributed by atoms with van der Waals surface area (Å²) in [7, 11) is 0. The summed E-state index contributed by atoms with van der Waals surface area (Å²) in [4.78, 5) is 24.1. The highest BCUT2D eigenvalue weighted by atomic mass is 16.5. The summed E-state index contributed by atoms with van der Waals surface area (Å²) in [5, 5.41) is 9.22. The van der Waals surface area contributed by atoms with Gasteiger partial charge in [-0.25, -0.2) is 0 Å². The third-order valence-electron chi connectivity index (χ3n) is 2.36. The van der Waals surface area contributed by atoms with E-state index in [-0.39, 0.29) is 24.7 Å². The molecule has 5 heteroatoms. The van der Waals surface area contributed by atoms with E-state index in [0.29, 0.717) is 26.1 Å². The van der Waals surface area contributed by atoms with Crippen LogP contribution in [-0.2, 0) is 14.3 Å². The lowest BCUT2D eigenvalue weighted by atomic mass is 10.3. The number of carbonyl (C=O) groups excluding carboxylic acids is 2. The molecule has 1 atom stereocenters. The zero-order valence-electron chi connectivity index (χ0n) is 8.94. The van der Waals surface area contributed by atoms with Crippen molar-refractivity contribution in [3.05, 3.63) is 0 Å². The summed E-state index contributed by atoms with van der Waals surface area (Å²) in [6, 6.07) is 0. The molecule has 0 saturated carbocycles. The second-order valence-electron chi connectivity index (χ2n) is 3.59. The number of β-amino-alcohol motifs (C(OH)–C–C–N with tert-alkyl or cyclic N) is 1. The number of esters is 1. The van der Waals surface area contributed by atoms with Gasteiger partial charge in [-0.3, -0.25) is 9.59 Å². The molecule has 1 amide bonds. The van der Waals surface area contributed by atoms with E-state index < -0.39 is 6.10 Å². The van der Waals surface area contributed by atoms with E-state index in [9.17, 15) is 14.7 Å². The highest BCUT2D eigenvalue weighted by Crippen LogP contribution is 2.10. The molecule has 0 aromatic carbocycles. The third kappa shape index (κ3) is 3.87. The van der Waals surface area contributed by atoms with E-state index in [1.807, 2.05) is 0 Å². The topological polar surface area (TPSA) is 66.8 Å². The Labute approximate surface area is 89.0 Å². The van der Waals surface area contributed by atoms with Gasteiger partial charge in [-0.15, -0.1) is 0 Å². The second-order valence-corrected chi connectivity index (χ2v) is 3.59. The number of hydrogen-bond donors (Lipinski definition) is 1. The second kappa shape index (κ2) is 5.70. The van der Waals surface area contributed by atoms with Crippen molar-refractivity contribution in [2.75, 3.05) is 19.7 Å². The maximum atomic E-state index is 11.5. The molecule has 1 N–H and O–H groups in total. The smallest absolute Gasteiger partial charge is 0.306 e. The van der Waals surface area contributed by atoms with E-state index >= 15 is 0 Å². The minimum atomic E-state index is -0.406. The van der Waals surface area contributed by atoms with Crippen molar-refractivity contribution in [2.45, 2.75) is 32.3 Å². The summed E-state index contributed by atoms with van der Waals surface area (Å²) in [5.74, 6) is -0.426. The quantitative estimate of drug-likeness (QED) is 0.666. The standard InChI is InChI=1S/C10H17NO4/c1-2-15-10(14)4-3-9(13)11-6-5-8(12)7-11/h8,12H,2-7H2,1H3/t8-/m0/s1. The summed E-state index contributed by atoms with van der Waals surface area (Å²) < 4.78 is 4.72. The number of hydrogen-bond acceptors (Lipinski definition) is 4. The molecular formula is C10H17NO4. The van der Waals surface area contributed by atoms with E-state index in [1.165, 1.54) is 0 Å². The van der Waals surface area contributed by atoms with Crippen molar-refractivity contribution in [3.8, 4) is 0 Å². The van der Waals surface area contributed by atoms with Crippen LogP contribution in [-0.4, -0.2) is 47.7 Å². The molecule has 0 aromatic rings. The zero-order chi connectivity index (χ0) is 11.3. The average molecular weight is 215 g/mol. The van der Waals surface area contributed by atoms with E-state index in [0.717, 1.165) is 0 Å². The zero-order valence-corrected chi connectivity index (χ0v) is 8.94. The molecular weight excluding hydrogens is 198 g/mol. The number of nitrogens with zero attached hydrogens (tertiary/aromatic N) is 1. The maximum absolute atomic E-state index is 11.5. The highest BCUT2D eigenvalue weighted by Gasteiger charge is 2.24. The SMILES string of the molecule is CCOC(=O)CCC(=O)N1CC[C@H](O)C1. The Balaban J connectivity index is 2.21. The summed E-state index contributed by atoms with van der Waals surface area (Å²) in [6.07, 6.45) is 0.521. The fraction of sp³-hybridized carbons (Fsp3) is 0.800. The molecule has 5 nitrogen and oxygen atoms in total. The summed E-state index contributed by atoms with van der Waals surface area (Å²) in [6.45, 7) is 3.05. The van der Waals surface area contributed by atoms with Crippen LogP contribution >= 0.6 is 0 Å². The lowest BCUT2D eigenvalue weighted by molar-refractivity contribution is -0.145. The van der Waals surface area contributed by atoms with Crippen LogP contribution in [0.5, 0.6) is 0 Å². The van der Waals surface area contributed by atoms with Gasteiger partial charge in [0, 0.05) is 19.5 Å². The number of rotatable bonds is 4. The summed E-state index contributed by atoms with van der Waals surface area (Å²) in [5.41, 5.74) is 0. The Morgan fingerprint density at radius 1 is 1.47 bits per heavy atom.